The minimum Gasteiger partial charge on any atom is -0.498 e. The van der Waals surface area contributed by atoms with Crippen LogP contribution in [0.5, 0.6) is 0 Å². The molecule has 0 amide bonds. The lowest BCUT2D eigenvalue weighted by atomic mass is 9.69. The van der Waals surface area contributed by atoms with Gasteiger partial charge in [0, 0.05) is 24.2 Å². The molecule has 0 aromatic carbocycles. The Labute approximate surface area is 137 Å². The van der Waals surface area contributed by atoms with Crippen molar-refractivity contribution < 1.29 is 22.6 Å². The largest absolute Gasteiger partial charge is 0.498 e. The van der Waals surface area contributed by atoms with Gasteiger partial charge in [0.25, 0.3) is 5.60 Å². The average Bonchev–Trinajstić information content (AvgIpc) is 2.96. The zero-order valence-electron chi connectivity index (χ0n) is 13.2. The molecular formula is C16H18F3N3O2. The Hall–Kier alpha value is -1.72. The fourth-order valence-corrected chi connectivity index (χ4v) is 4.58. The van der Waals surface area contributed by atoms with Crippen molar-refractivity contribution in [2.24, 2.45) is 0 Å². The van der Waals surface area contributed by atoms with E-state index in [-0.39, 0.29) is 30.3 Å². The van der Waals surface area contributed by atoms with Gasteiger partial charge < -0.3 is 9.47 Å². The van der Waals surface area contributed by atoms with Crippen molar-refractivity contribution in [1.82, 2.24) is 10.2 Å². The second-order valence-corrected chi connectivity index (χ2v) is 6.71. The molecule has 8 heteroatoms. The second kappa shape index (κ2) is 4.90. The third kappa shape index (κ3) is 1.67. The van der Waals surface area contributed by atoms with Gasteiger partial charge in [-0.1, -0.05) is 12.8 Å². The second-order valence-electron chi connectivity index (χ2n) is 6.71. The molecule has 5 aliphatic rings. The van der Waals surface area contributed by atoms with Crippen molar-refractivity contribution in [2.45, 2.75) is 55.1 Å². The molecule has 5 nitrogen and oxygen atoms in total. The number of allylic oxidation sites excluding steroid dienone is 1. The summed E-state index contributed by atoms with van der Waals surface area (Å²) in [5.41, 5.74) is -4.73. The standard InChI is InChI=1S/C16H18F3N3O2/c1-23-13-6-10-7-15(24-10,16(17,18)19)14(13,8-20)22-9-21-11-4-2-3-5-12(11)22/h6-7,11-12,21H,2-5,9H2,1H3/t11-,12-,14?,15?/m1/s1. The topological polar surface area (TPSA) is 57.5 Å². The molecule has 1 saturated heterocycles. The molecule has 2 aliphatic carbocycles. The van der Waals surface area contributed by atoms with E-state index in [9.17, 15) is 18.4 Å². The number of rotatable bonds is 2. The van der Waals surface area contributed by atoms with Crippen molar-refractivity contribution in [2.75, 3.05) is 13.8 Å². The van der Waals surface area contributed by atoms with Crippen molar-refractivity contribution in [3.05, 3.63) is 23.7 Å². The van der Waals surface area contributed by atoms with Gasteiger partial charge in [0.15, 0.2) is 0 Å². The molecule has 1 N–H and O–H groups in total. The molecule has 3 aliphatic heterocycles. The highest BCUT2D eigenvalue weighted by Crippen LogP contribution is 2.59. The summed E-state index contributed by atoms with van der Waals surface area (Å²) in [6, 6.07) is 1.88. The number of nitrogens with zero attached hydrogens (tertiary/aromatic N) is 2. The van der Waals surface area contributed by atoms with E-state index in [1.807, 2.05) is 6.07 Å². The van der Waals surface area contributed by atoms with E-state index in [4.69, 9.17) is 9.47 Å². The van der Waals surface area contributed by atoms with Gasteiger partial charge in [0.05, 0.1) is 19.8 Å². The summed E-state index contributed by atoms with van der Waals surface area (Å²) in [4.78, 5) is 1.60. The lowest BCUT2D eigenvalue weighted by Crippen LogP contribution is -2.76. The van der Waals surface area contributed by atoms with Crippen LogP contribution in [0.1, 0.15) is 25.7 Å². The van der Waals surface area contributed by atoms with E-state index in [0.717, 1.165) is 31.8 Å². The quantitative estimate of drug-likeness (QED) is 0.834. The fraction of sp³-hybridized carbons (Fsp3) is 0.688. The maximum atomic E-state index is 14.0. The predicted octanol–water partition coefficient (Wildman–Crippen LogP) is 2.18. The Kier molecular flexibility index (Phi) is 3.22. The lowest BCUT2D eigenvalue weighted by molar-refractivity contribution is -0.298. The van der Waals surface area contributed by atoms with Crippen molar-refractivity contribution >= 4 is 0 Å². The number of methoxy groups -OCH3 is 1. The molecule has 0 radical (unpaired) electrons. The molecule has 0 aromatic rings. The smallest absolute Gasteiger partial charge is 0.435 e. The number of ether oxygens (including phenoxy) is 2. The third-order valence-corrected chi connectivity index (χ3v) is 5.68. The first-order valence-electron chi connectivity index (χ1n) is 8.06. The van der Waals surface area contributed by atoms with E-state index in [2.05, 4.69) is 5.32 Å². The molecule has 2 unspecified atom stereocenters. The minimum absolute atomic E-state index is 0.000835. The summed E-state index contributed by atoms with van der Waals surface area (Å²) in [7, 11) is 1.30. The van der Waals surface area contributed by atoms with Crippen LogP contribution >= 0.6 is 0 Å². The number of nitriles is 1. The summed E-state index contributed by atoms with van der Waals surface area (Å²) in [6.45, 7) is 0.202. The Morgan fingerprint density at radius 1 is 1.42 bits per heavy atom. The van der Waals surface area contributed by atoms with E-state index in [0.29, 0.717) is 0 Å². The molecule has 4 atom stereocenters. The Morgan fingerprint density at radius 2 is 2.12 bits per heavy atom. The monoisotopic (exact) mass is 341 g/mol. The summed E-state index contributed by atoms with van der Waals surface area (Å²) >= 11 is 0. The minimum atomic E-state index is -4.73. The Bertz CT molecular complexity index is 668. The molecule has 0 aromatic heterocycles. The third-order valence-electron chi connectivity index (χ3n) is 5.68. The maximum Gasteiger partial charge on any atom is 0.435 e. The summed E-state index contributed by atoms with van der Waals surface area (Å²) in [5, 5.41) is 13.2. The van der Waals surface area contributed by atoms with Gasteiger partial charge in [-0.2, -0.15) is 18.4 Å². The van der Waals surface area contributed by atoms with Crippen LogP contribution in [0.15, 0.2) is 23.7 Å². The van der Waals surface area contributed by atoms with Gasteiger partial charge >= 0.3 is 6.18 Å². The predicted molar refractivity (Wildman–Crippen MR) is 77.3 cm³/mol. The van der Waals surface area contributed by atoms with Gasteiger partial charge in [-0.05, 0) is 12.8 Å². The summed E-state index contributed by atoms with van der Waals surface area (Å²) in [6.07, 6.45) is 1.31. The lowest BCUT2D eigenvalue weighted by Gasteiger charge is -2.57. The molecule has 3 heterocycles. The van der Waals surface area contributed by atoms with Crippen LogP contribution in [0.25, 0.3) is 0 Å². The number of fused-ring (bicyclic) bond motifs is 2. The fourth-order valence-electron chi connectivity index (χ4n) is 4.58. The van der Waals surface area contributed by atoms with Crippen LogP contribution in [0.3, 0.4) is 0 Å². The summed E-state index contributed by atoms with van der Waals surface area (Å²) < 4.78 is 52.4. The van der Waals surface area contributed by atoms with Crippen molar-refractivity contribution in [3.8, 4) is 6.07 Å². The van der Waals surface area contributed by atoms with Gasteiger partial charge in [-0.3, -0.25) is 10.2 Å². The molecular weight excluding hydrogens is 323 g/mol. The normalized spacial score (nSPS) is 41.3. The van der Waals surface area contributed by atoms with Crippen LogP contribution in [0.4, 0.5) is 13.2 Å². The Morgan fingerprint density at radius 3 is 2.75 bits per heavy atom. The first-order valence-corrected chi connectivity index (χ1v) is 8.06. The number of hydrogen-bond acceptors (Lipinski definition) is 5. The molecule has 2 bridgehead atoms. The highest BCUT2D eigenvalue weighted by Gasteiger charge is 2.79. The molecule has 2 fully saturated rings. The van der Waals surface area contributed by atoms with Gasteiger partial charge in [-0.25, -0.2) is 0 Å². The zero-order chi connectivity index (χ0) is 17.2. The molecule has 130 valence electrons. The van der Waals surface area contributed by atoms with Gasteiger partial charge in [0.1, 0.15) is 11.5 Å². The number of halogens is 3. The van der Waals surface area contributed by atoms with Crippen LogP contribution in [0.2, 0.25) is 0 Å². The van der Waals surface area contributed by atoms with Gasteiger partial charge in [0.2, 0.25) is 5.54 Å². The first-order chi connectivity index (χ1) is 11.4. The zero-order valence-corrected chi connectivity index (χ0v) is 13.2. The van der Waals surface area contributed by atoms with E-state index in [1.54, 1.807) is 4.90 Å². The van der Waals surface area contributed by atoms with Crippen LogP contribution in [0, 0.1) is 11.3 Å². The molecule has 24 heavy (non-hydrogen) atoms. The number of hydrogen-bond donors (Lipinski definition) is 1. The molecule has 1 saturated carbocycles. The highest BCUT2D eigenvalue weighted by atomic mass is 19.4. The Balaban J connectivity index is 1.86. The summed E-state index contributed by atoms with van der Waals surface area (Å²) in [5.74, 6) is 0.0986. The maximum absolute atomic E-state index is 14.0. The van der Waals surface area contributed by atoms with Gasteiger partial charge in [-0.15, -0.1) is 0 Å². The SMILES string of the molecule is COC1=CC2=CC(C(F)(F)F)(O2)C1(C#N)N1CN[C@@H]2CCCC[C@H]21. The van der Waals surface area contributed by atoms with E-state index >= 15 is 0 Å². The van der Waals surface area contributed by atoms with E-state index < -0.39 is 17.3 Å². The highest BCUT2D eigenvalue weighted by molar-refractivity contribution is 5.53. The number of nitrogens with one attached hydrogen (secondary N) is 1. The van der Waals surface area contributed by atoms with Crippen molar-refractivity contribution in [3.63, 3.8) is 0 Å². The molecule has 5 rings (SSSR count). The van der Waals surface area contributed by atoms with Crippen molar-refractivity contribution in [1.29, 1.82) is 5.26 Å². The average molecular weight is 341 g/mol. The van der Waals surface area contributed by atoms with Crippen LogP contribution < -0.4 is 5.32 Å². The molecule has 0 spiro atoms. The van der Waals surface area contributed by atoms with Crippen LogP contribution in [-0.2, 0) is 9.47 Å². The first kappa shape index (κ1) is 15.8. The number of alkyl halides is 3. The van der Waals surface area contributed by atoms with E-state index in [1.165, 1.54) is 13.2 Å². The van der Waals surface area contributed by atoms with Crippen LogP contribution in [-0.4, -0.2) is 48.1 Å².